The quantitative estimate of drug-likeness (QED) is 0.627. The summed E-state index contributed by atoms with van der Waals surface area (Å²) in [4.78, 5) is 24.0. The first-order valence-electron chi connectivity index (χ1n) is 5.52. The third kappa shape index (κ3) is 3.89. The maximum absolute atomic E-state index is 11.9. The molecule has 0 aromatic rings. The van der Waals surface area contributed by atoms with Crippen LogP contribution in [-0.2, 0) is 9.59 Å². The largest absolute Gasteiger partial charge is 0.368 e. The van der Waals surface area contributed by atoms with E-state index in [9.17, 15) is 9.59 Å². The maximum Gasteiger partial charge on any atom is 0.240 e. The van der Waals surface area contributed by atoms with E-state index >= 15 is 0 Å². The van der Waals surface area contributed by atoms with Crippen molar-refractivity contribution in [2.75, 3.05) is 6.54 Å². The van der Waals surface area contributed by atoms with Gasteiger partial charge in [-0.2, -0.15) is 0 Å². The smallest absolute Gasteiger partial charge is 0.240 e. The van der Waals surface area contributed by atoms with E-state index in [4.69, 9.17) is 28.9 Å². The Morgan fingerprint density at radius 1 is 1.59 bits per heavy atom. The molecule has 0 spiro atoms. The number of hydrogen-bond donors (Lipinski definition) is 1. The monoisotopic (exact) mass is 278 g/mol. The first kappa shape index (κ1) is 14.3. The lowest BCUT2D eigenvalue weighted by atomic mass is 10.0. The first-order valence-corrected chi connectivity index (χ1v) is 6.39. The second kappa shape index (κ2) is 6.26. The number of likely N-dealkylation sites (tertiary alicyclic amines) is 1. The van der Waals surface area contributed by atoms with Crippen LogP contribution in [0, 0.1) is 0 Å². The van der Waals surface area contributed by atoms with E-state index in [0.29, 0.717) is 19.4 Å². The van der Waals surface area contributed by atoms with Gasteiger partial charge in [-0.25, -0.2) is 0 Å². The topological polar surface area (TPSA) is 63.4 Å². The molecule has 1 heterocycles. The van der Waals surface area contributed by atoms with Crippen LogP contribution in [0.3, 0.4) is 0 Å². The van der Waals surface area contributed by atoms with Crippen LogP contribution >= 0.6 is 23.2 Å². The number of allylic oxidation sites excluding steroid dienone is 1. The van der Waals surface area contributed by atoms with Gasteiger partial charge in [-0.05, 0) is 12.8 Å². The fourth-order valence-corrected chi connectivity index (χ4v) is 2.35. The minimum absolute atomic E-state index is 0.0952. The number of carbonyl (C=O) groups is 2. The number of carbonyl (C=O) groups excluding carboxylic acids is 2. The Morgan fingerprint density at radius 2 is 2.24 bits per heavy atom. The molecule has 1 aliphatic heterocycles. The molecule has 0 radical (unpaired) electrons. The number of halogens is 2. The highest BCUT2D eigenvalue weighted by atomic mass is 35.5. The van der Waals surface area contributed by atoms with Crippen molar-refractivity contribution in [3.63, 3.8) is 0 Å². The SMILES string of the molecule is CCC(C(N)=O)N1CCC(=CC(Cl)Cl)CC1=O. The van der Waals surface area contributed by atoms with Gasteiger partial charge < -0.3 is 10.6 Å². The number of primary amides is 1. The van der Waals surface area contributed by atoms with E-state index in [1.165, 1.54) is 4.90 Å². The van der Waals surface area contributed by atoms with Crippen molar-refractivity contribution in [3.05, 3.63) is 11.6 Å². The molecule has 0 bridgehead atoms. The molecule has 2 N–H and O–H groups in total. The molecule has 17 heavy (non-hydrogen) atoms. The van der Waals surface area contributed by atoms with Crippen LogP contribution in [0.25, 0.3) is 0 Å². The summed E-state index contributed by atoms with van der Waals surface area (Å²) in [5.74, 6) is -0.553. The zero-order chi connectivity index (χ0) is 13.0. The number of hydrogen-bond acceptors (Lipinski definition) is 2. The maximum atomic E-state index is 11.9. The van der Waals surface area contributed by atoms with E-state index in [1.807, 2.05) is 6.92 Å². The average Bonchev–Trinajstić information content (AvgIpc) is 2.20. The van der Waals surface area contributed by atoms with Gasteiger partial charge in [0.15, 0.2) is 0 Å². The summed E-state index contributed by atoms with van der Waals surface area (Å²) in [6.45, 7) is 2.33. The fraction of sp³-hybridized carbons (Fsp3) is 0.636. The summed E-state index contributed by atoms with van der Waals surface area (Å²) in [5, 5.41) is 0. The summed E-state index contributed by atoms with van der Waals surface area (Å²) in [6, 6.07) is -0.508. The lowest BCUT2D eigenvalue weighted by molar-refractivity contribution is -0.140. The molecule has 4 nitrogen and oxygen atoms in total. The van der Waals surface area contributed by atoms with Gasteiger partial charge in [0.05, 0.1) is 0 Å². The van der Waals surface area contributed by atoms with Crippen molar-refractivity contribution in [1.82, 2.24) is 4.90 Å². The van der Waals surface area contributed by atoms with Crippen molar-refractivity contribution in [2.45, 2.75) is 37.1 Å². The third-order valence-corrected chi connectivity index (χ3v) is 3.08. The number of alkyl halides is 2. The third-order valence-electron chi connectivity index (χ3n) is 2.83. The van der Waals surface area contributed by atoms with E-state index in [2.05, 4.69) is 0 Å². The number of amides is 2. The normalized spacial score (nSPS) is 21.1. The van der Waals surface area contributed by atoms with Gasteiger partial charge in [-0.3, -0.25) is 9.59 Å². The van der Waals surface area contributed by atoms with Crippen molar-refractivity contribution in [2.24, 2.45) is 5.73 Å². The Labute approximate surface area is 111 Å². The van der Waals surface area contributed by atoms with E-state index in [-0.39, 0.29) is 12.3 Å². The van der Waals surface area contributed by atoms with Gasteiger partial charge >= 0.3 is 0 Å². The minimum atomic E-state index is -0.595. The van der Waals surface area contributed by atoms with Crippen LogP contribution < -0.4 is 5.73 Å². The molecule has 1 aliphatic rings. The van der Waals surface area contributed by atoms with Crippen LogP contribution in [0.2, 0.25) is 0 Å². The van der Waals surface area contributed by atoms with E-state index < -0.39 is 16.8 Å². The molecule has 0 aromatic carbocycles. The Hall–Kier alpha value is -0.740. The Bertz CT molecular complexity index is 342. The lowest BCUT2D eigenvalue weighted by Gasteiger charge is -2.33. The molecule has 0 saturated carbocycles. The molecule has 1 saturated heterocycles. The molecule has 6 heteroatoms. The number of nitrogens with two attached hydrogens (primary N) is 1. The Morgan fingerprint density at radius 3 is 2.65 bits per heavy atom. The highest BCUT2D eigenvalue weighted by Crippen LogP contribution is 2.22. The van der Waals surface area contributed by atoms with Crippen molar-refractivity contribution < 1.29 is 9.59 Å². The highest BCUT2D eigenvalue weighted by molar-refractivity contribution is 6.45. The summed E-state index contributed by atoms with van der Waals surface area (Å²) in [6.07, 6.45) is 3.16. The molecule has 1 atom stereocenters. The average molecular weight is 279 g/mol. The summed E-state index contributed by atoms with van der Waals surface area (Å²) < 4.78 is 0. The molecular weight excluding hydrogens is 263 g/mol. The van der Waals surface area contributed by atoms with Crippen molar-refractivity contribution >= 4 is 35.0 Å². The summed E-state index contributed by atoms with van der Waals surface area (Å²) in [7, 11) is 0. The zero-order valence-electron chi connectivity index (χ0n) is 9.66. The standard InChI is InChI=1S/C11H16Cl2N2O2/c1-2-8(11(14)17)15-4-3-7(5-9(12)13)6-10(15)16/h5,8-9H,2-4,6H2,1H3,(H2,14,17). The van der Waals surface area contributed by atoms with Crippen molar-refractivity contribution in [3.8, 4) is 0 Å². The number of nitrogens with zero attached hydrogens (tertiary/aromatic N) is 1. The van der Waals surface area contributed by atoms with E-state index in [0.717, 1.165) is 5.57 Å². The number of piperidine rings is 1. The fourth-order valence-electron chi connectivity index (χ4n) is 2.00. The molecule has 0 aromatic heterocycles. The minimum Gasteiger partial charge on any atom is -0.368 e. The van der Waals surface area contributed by atoms with Crippen LogP contribution in [-0.4, -0.2) is 34.1 Å². The second-order valence-corrected chi connectivity index (χ2v) is 5.16. The van der Waals surface area contributed by atoms with Gasteiger partial charge in [-0.15, -0.1) is 23.2 Å². The van der Waals surface area contributed by atoms with Crippen LogP contribution in [0.15, 0.2) is 11.6 Å². The van der Waals surface area contributed by atoms with Crippen molar-refractivity contribution in [1.29, 1.82) is 0 Å². The van der Waals surface area contributed by atoms with Gasteiger partial charge in [0.1, 0.15) is 10.9 Å². The van der Waals surface area contributed by atoms with Gasteiger partial charge in [0.25, 0.3) is 0 Å². The Balaban J connectivity index is 2.71. The Kier molecular flexibility index (Phi) is 5.28. The molecule has 1 rings (SSSR count). The first-order chi connectivity index (χ1) is 7.95. The predicted octanol–water partition coefficient (Wildman–Crippen LogP) is 1.60. The van der Waals surface area contributed by atoms with Gasteiger partial charge in [-0.1, -0.05) is 18.6 Å². The van der Waals surface area contributed by atoms with Crippen LogP contribution in [0.1, 0.15) is 26.2 Å². The zero-order valence-corrected chi connectivity index (χ0v) is 11.2. The van der Waals surface area contributed by atoms with Crippen LogP contribution in [0.4, 0.5) is 0 Å². The molecule has 1 unspecified atom stereocenters. The molecule has 0 aliphatic carbocycles. The molecule has 96 valence electrons. The predicted molar refractivity (Wildman–Crippen MR) is 67.8 cm³/mol. The van der Waals surface area contributed by atoms with Crippen LogP contribution in [0.5, 0.6) is 0 Å². The van der Waals surface area contributed by atoms with Gasteiger partial charge in [0, 0.05) is 13.0 Å². The second-order valence-electron chi connectivity index (χ2n) is 4.00. The molecular formula is C11H16Cl2N2O2. The summed E-state index contributed by atoms with van der Waals surface area (Å²) in [5.41, 5.74) is 6.18. The highest BCUT2D eigenvalue weighted by Gasteiger charge is 2.30. The summed E-state index contributed by atoms with van der Waals surface area (Å²) >= 11 is 11.3. The molecule has 2 amide bonds. The van der Waals surface area contributed by atoms with E-state index in [1.54, 1.807) is 6.08 Å². The van der Waals surface area contributed by atoms with Gasteiger partial charge in [0.2, 0.25) is 11.8 Å². The molecule has 1 fully saturated rings. The lowest BCUT2D eigenvalue weighted by Crippen LogP contribution is -2.49. The number of rotatable bonds is 4.